The molecule has 0 bridgehead atoms. The van der Waals surface area contributed by atoms with Gasteiger partial charge in [0.05, 0.1) is 29.1 Å². The summed E-state index contributed by atoms with van der Waals surface area (Å²) in [6.45, 7) is 7.05. The first kappa shape index (κ1) is 18.0. The van der Waals surface area contributed by atoms with Gasteiger partial charge in [-0.1, -0.05) is 18.2 Å². The SMILES string of the molecule is [C-]#[N+]c1ccc(F)c(C[C@H](N)c2ncccc2-n2ncc3cc(Cl)ccc32)n1. The van der Waals surface area contributed by atoms with Gasteiger partial charge in [0.15, 0.2) is 11.5 Å². The summed E-state index contributed by atoms with van der Waals surface area (Å²) < 4.78 is 15.9. The van der Waals surface area contributed by atoms with Gasteiger partial charge >= 0.3 is 0 Å². The molecule has 0 unspecified atom stereocenters. The van der Waals surface area contributed by atoms with E-state index in [2.05, 4.69) is 19.9 Å². The minimum Gasteiger partial charge on any atom is -0.361 e. The molecule has 4 aromatic rings. The van der Waals surface area contributed by atoms with E-state index in [-0.39, 0.29) is 17.9 Å². The van der Waals surface area contributed by atoms with Crippen LogP contribution >= 0.6 is 11.6 Å². The highest BCUT2D eigenvalue weighted by molar-refractivity contribution is 6.31. The van der Waals surface area contributed by atoms with Gasteiger partial charge in [0.25, 0.3) is 5.82 Å². The Morgan fingerprint density at radius 1 is 1.25 bits per heavy atom. The van der Waals surface area contributed by atoms with Crippen LogP contribution in [0.1, 0.15) is 17.4 Å². The molecule has 0 aliphatic rings. The predicted octanol–water partition coefficient (Wildman–Crippen LogP) is 4.40. The van der Waals surface area contributed by atoms with Crippen LogP contribution in [0, 0.1) is 12.4 Å². The summed E-state index contributed by atoms with van der Waals surface area (Å²) in [5.41, 5.74) is 8.58. The zero-order chi connectivity index (χ0) is 19.7. The molecular formula is C20H14ClFN6. The second-order valence-corrected chi connectivity index (χ2v) is 6.62. The van der Waals surface area contributed by atoms with Gasteiger partial charge in [-0.15, -0.1) is 4.98 Å². The van der Waals surface area contributed by atoms with Crippen molar-refractivity contribution in [3.63, 3.8) is 0 Å². The maximum Gasteiger partial charge on any atom is 0.269 e. The Morgan fingerprint density at radius 2 is 2.11 bits per heavy atom. The average Bonchev–Trinajstić information content (AvgIpc) is 3.12. The van der Waals surface area contributed by atoms with Crippen molar-refractivity contribution < 1.29 is 4.39 Å². The van der Waals surface area contributed by atoms with Gasteiger partial charge < -0.3 is 10.6 Å². The molecule has 28 heavy (non-hydrogen) atoms. The second kappa shape index (κ2) is 7.35. The second-order valence-electron chi connectivity index (χ2n) is 6.19. The molecule has 1 atom stereocenters. The summed E-state index contributed by atoms with van der Waals surface area (Å²) in [5, 5.41) is 5.94. The smallest absolute Gasteiger partial charge is 0.269 e. The molecule has 0 saturated carbocycles. The Bertz CT molecular complexity index is 1210. The Morgan fingerprint density at radius 3 is 2.93 bits per heavy atom. The Labute approximate surface area is 165 Å². The van der Waals surface area contributed by atoms with Crippen LogP contribution < -0.4 is 5.73 Å². The number of nitrogens with two attached hydrogens (primary N) is 1. The normalized spacial score (nSPS) is 12.1. The van der Waals surface area contributed by atoms with Crippen molar-refractivity contribution in [1.29, 1.82) is 0 Å². The van der Waals surface area contributed by atoms with Crippen molar-refractivity contribution in [3.8, 4) is 5.69 Å². The number of nitrogens with zero attached hydrogens (tertiary/aromatic N) is 5. The van der Waals surface area contributed by atoms with Gasteiger partial charge in [-0.05, 0) is 42.5 Å². The third-order valence-corrected chi connectivity index (χ3v) is 4.59. The van der Waals surface area contributed by atoms with E-state index in [4.69, 9.17) is 23.9 Å². The van der Waals surface area contributed by atoms with Crippen LogP contribution in [0.15, 0.2) is 54.9 Å². The average molecular weight is 393 g/mol. The van der Waals surface area contributed by atoms with Crippen molar-refractivity contribution in [2.24, 2.45) is 5.73 Å². The van der Waals surface area contributed by atoms with Crippen molar-refractivity contribution in [2.75, 3.05) is 0 Å². The number of hydrogen-bond acceptors (Lipinski definition) is 4. The highest BCUT2D eigenvalue weighted by Crippen LogP contribution is 2.26. The molecule has 0 spiro atoms. The van der Waals surface area contributed by atoms with E-state index in [1.807, 2.05) is 18.2 Å². The lowest BCUT2D eigenvalue weighted by Gasteiger charge is -2.15. The molecule has 138 valence electrons. The van der Waals surface area contributed by atoms with E-state index in [1.54, 1.807) is 29.2 Å². The Balaban J connectivity index is 1.74. The van der Waals surface area contributed by atoms with E-state index in [0.29, 0.717) is 16.4 Å². The molecule has 8 heteroatoms. The fourth-order valence-corrected chi connectivity index (χ4v) is 3.23. The van der Waals surface area contributed by atoms with Crippen LogP contribution in [-0.2, 0) is 6.42 Å². The number of pyridine rings is 2. The van der Waals surface area contributed by atoms with Crippen molar-refractivity contribution >= 4 is 28.3 Å². The summed E-state index contributed by atoms with van der Waals surface area (Å²) in [7, 11) is 0. The van der Waals surface area contributed by atoms with Crippen LogP contribution in [0.4, 0.5) is 10.2 Å². The van der Waals surface area contributed by atoms with E-state index >= 15 is 0 Å². The third-order valence-electron chi connectivity index (χ3n) is 4.36. The Hall–Kier alpha value is -3.34. The highest BCUT2D eigenvalue weighted by atomic mass is 35.5. The minimum atomic E-state index is -0.634. The molecule has 0 aliphatic heterocycles. The van der Waals surface area contributed by atoms with E-state index in [0.717, 1.165) is 10.9 Å². The van der Waals surface area contributed by atoms with E-state index < -0.39 is 11.9 Å². The van der Waals surface area contributed by atoms with Gasteiger partial charge in [-0.2, -0.15) is 5.10 Å². The van der Waals surface area contributed by atoms with Crippen molar-refractivity contribution in [1.82, 2.24) is 19.7 Å². The molecule has 0 radical (unpaired) electrons. The first-order valence-electron chi connectivity index (χ1n) is 8.44. The quantitative estimate of drug-likeness (QED) is 0.522. The number of aromatic nitrogens is 4. The number of hydrogen-bond donors (Lipinski definition) is 1. The number of rotatable bonds is 4. The van der Waals surface area contributed by atoms with Crippen LogP contribution in [0.25, 0.3) is 21.4 Å². The lowest BCUT2D eigenvalue weighted by Crippen LogP contribution is -2.19. The number of halogens is 2. The monoisotopic (exact) mass is 392 g/mol. The summed E-state index contributed by atoms with van der Waals surface area (Å²) in [6, 6.07) is 11.0. The lowest BCUT2D eigenvalue weighted by molar-refractivity contribution is 0.576. The summed E-state index contributed by atoms with van der Waals surface area (Å²) in [5.74, 6) is -0.376. The zero-order valence-electron chi connectivity index (χ0n) is 14.5. The Kier molecular flexibility index (Phi) is 4.74. The molecule has 3 heterocycles. The largest absolute Gasteiger partial charge is 0.361 e. The van der Waals surface area contributed by atoms with Gasteiger partial charge in [-0.3, -0.25) is 4.98 Å². The maximum atomic E-state index is 14.1. The molecule has 0 fully saturated rings. The first-order chi connectivity index (χ1) is 13.6. The number of fused-ring (bicyclic) bond motifs is 1. The van der Waals surface area contributed by atoms with Crippen LogP contribution in [0.3, 0.4) is 0 Å². The topological polar surface area (TPSA) is 74.0 Å². The molecule has 0 amide bonds. The first-order valence-corrected chi connectivity index (χ1v) is 8.81. The van der Waals surface area contributed by atoms with Crippen LogP contribution in [0.2, 0.25) is 5.02 Å². The van der Waals surface area contributed by atoms with E-state index in [1.165, 1.54) is 12.1 Å². The molecule has 2 N–H and O–H groups in total. The van der Waals surface area contributed by atoms with Crippen molar-refractivity contribution in [3.05, 3.63) is 88.5 Å². The molecule has 3 aromatic heterocycles. The summed E-state index contributed by atoms with van der Waals surface area (Å²) in [6.07, 6.45) is 3.44. The molecule has 0 saturated heterocycles. The number of benzene rings is 1. The predicted molar refractivity (Wildman–Crippen MR) is 105 cm³/mol. The van der Waals surface area contributed by atoms with Gasteiger partial charge in [0.1, 0.15) is 0 Å². The lowest BCUT2D eigenvalue weighted by atomic mass is 10.1. The fraction of sp³-hybridized carbons (Fsp3) is 0.100. The summed E-state index contributed by atoms with van der Waals surface area (Å²) >= 11 is 6.05. The summed E-state index contributed by atoms with van der Waals surface area (Å²) in [4.78, 5) is 11.7. The van der Waals surface area contributed by atoms with Gasteiger partial charge in [0, 0.05) is 23.0 Å². The van der Waals surface area contributed by atoms with Crippen molar-refractivity contribution in [2.45, 2.75) is 12.5 Å². The fourth-order valence-electron chi connectivity index (χ4n) is 3.05. The molecule has 1 aromatic carbocycles. The standard InChI is InChI=1S/C20H14ClFN6/c1-24-19-7-5-14(22)16(27-19)10-15(23)20-18(3-2-8-25-20)28-17-6-4-13(21)9-12(17)11-26-28/h2-9,11,15H,10,23H2/t15-/m0/s1. The van der Waals surface area contributed by atoms with Gasteiger partial charge in [0.2, 0.25) is 0 Å². The highest BCUT2D eigenvalue weighted by Gasteiger charge is 2.20. The van der Waals surface area contributed by atoms with Crippen LogP contribution in [0.5, 0.6) is 0 Å². The molecular weight excluding hydrogens is 379 g/mol. The maximum absolute atomic E-state index is 14.1. The zero-order valence-corrected chi connectivity index (χ0v) is 15.3. The third kappa shape index (κ3) is 3.31. The molecule has 6 nitrogen and oxygen atoms in total. The van der Waals surface area contributed by atoms with E-state index in [9.17, 15) is 4.39 Å². The molecule has 4 rings (SSSR count). The molecule has 0 aliphatic carbocycles. The minimum absolute atomic E-state index is 0.101. The van der Waals surface area contributed by atoms with Crippen LogP contribution in [-0.4, -0.2) is 19.7 Å². The van der Waals surface area contributed by atoms with Gasteiger partial charge in [-0.25, -0.2) is 9.07 Å².